The Labute approximate surface area is 142 Å². The van der Waals surface area contributed by atoms with Gasteiger partial charge in [0.25, 0.3) is 0 Å². The fraction of sp³-hybridized carbons (Fsp3) is 0.222. The molecule has 0 atom stereocenters. The molecule has 0 unspecified atom stereocenters. The van der Waals surface area contributed by atoms with Crippen molar-refractivity contribution in [2.24, 2.45) is 0 Å². The first-order chi connectivity index (χ1) is 11.1. The smallest absolute Gasteiger partial charge is 0.227 e. The van der Waals surface area contributed by atoms with Gasteiger partial charge in [-0.25, -0.2) is 4.98 Å². The molecule has 1 aliphatic heterocycles. The number of nitrogens with zero attached hydrogens (tertiary/aromatic N) is 3. The average Bonchev–Trinajstić information content (AvgIpc) is 2.85. The Balaban J connectivity index is 1.80. The minimum atomic E-state index is 0.174. The molecule has 1 aliphatic rings. The van der Waals surface area contributed by atoms with Gasteiger partial charge in [0.1, 0.15) is 5.65 Å². The molecular weight excluding hydrogens is 354 g/mol. The zero-order valence-corrected chi connectivity index (χ0v) is 14.4. The topological polar surface area (TPSA) is 37.6 Å². The first kappa shape index (κ1) is 14.5. The summed E-state index contributed by atoms with van der Waals surface area (Å²) in [6.45, 7) is 2.54. The lowest BCUT2D eigenvalue weighted by Crippen LogP contribution is -2.35. The number of amides is 1. The minimum Gasteiger partial charge on any atom is -0.306 e. The summed E-state index contributed by atoms with van der Waals surface area (Å²) in [5, 5.41) is 0. The van der Waals surface area contributed by atoms with Crippen LogP contribution in [0.4, 0.5) is 5.69 Å². The SMILES string of the molecule is Cc1nc2ccc(Br)cn2c1CN1C(=O)CCc2ccccc21. The summed E-state index contributed by atoms with van der Waals surface area (Å²) < 4.78 is 3.05. The molecule has 0 spiro atoms. The summed E-state index contributed by atoms with van der Waals surface area (Å²) in [6, 6.07) is 12.1. The molecule has 0 N–H and O–H groups in total. The van der Waals surface area contributed by atoms with Gasteiger partial charge >= 0.3 is 0 Å². The second-order valence-corrected chi connectivity index (χ2v) is 6.74. The average molecular weight is 370 g/mol. The van der Waals surface area contributed by atoms with Crippen LogP contribution in [0.2, 0.25) is 0 Å². The van der Waals surface area contributed by atoms with Crippen LogP contribution in [-0.2, 0) is 17.8 Å². The van der Waals surface area contributed by atoms with Crippen LogP contribution in [0, 0.1) is 6.92 Å². The first-order valence-corrected chi connectivity index (χ1v) is 8.44. The van der Waals surface area contributed by atoms with Crippen molar-refractivity contribution in [2.45, 2.75) is 26.3 Å². The Bertz CT molecular complexity index is 916. The standard InChI is InChI=1S/C18H16BrN3O/c1-12-16(21-10-14(19)7-8-17(21)20-12)11-22-15-5-3-2-4-13(15)6-9-18(22)23/h2-5,7-8,10H,6,9,11H2,1H3. The molecule has 4 rings (SSSR count). The van der Waals surface area contributed by atoms with E-state index in [0.717, 1.165) is 33.6 Å². The Kier molecular flexibility index (Phi) is 3.45. The van der Waals surface area contributed by atoms with Crippen LogP contribution in [-0.4, -0.2) is 15.3 Å². The molecule has 5 heteroatoms. The molecule has 23 heavy (non-hydrogen) atoms. The number of carbonyl (C=O) groups is 1. The zero-order chi connectivity index (χ0) is 16.0. The van der Waals surface area contributed by atoms with E-state index in [-0.39, 0.29) is 5.91 Å². The molecule has 0 saturated heterocycles. The van der Waals surface area contributed by atoms with Crippen molar-refractivity contribution in [1.29, 1.82) is 0 Å². The number of pyridine rings is 1. The summed E-state index contributed by atoms with van der Waals surface area (Å²) in [7, 11) is 0. The van der Waals surface area contributed by atoms with Gasteiger partial charge in [-0.05, 0) is 53.0 Å². The molecule has 1 amide bonds. The van der Waals surface area contributed by atoms with Crippen LogP contribution in [0.5, 0.6) is 0 Å². The van der Waals surface area contributed by atoms with Crippen molar-refractivity contribution in [2.75, 3.05) is 4.90 Å². The molecule has 0 fully saturated rings. The van der Waals surface area contributed by atoms with Gasteiger partial charge in [-0.2, -0.15) is 0 Å². The summed E-state index contributed by atoms with van der Waals surface area (Å²) in [6.07, 6.45) is 3.39. The number of hydrogen-bond acceptors (Lipinski definition) is 2. The van der Waals surface area contributed by atoms with Gasteiger partial charge in [0, 0.05) is 22.8 Å². The third-order valence-corrected chi connectivity index (χ3v) is 4.85. The predicted octanol–water partition coefficient (Wildman–Crippen LogP) is 3.88. The van der Waals surface area contributed by atoms with Crippen LogP contribution >= 0.6 is 15.9 Å². The third kappa shape index (κ3) is 2.45. The van der Waals surface area contributed by atoms with E-state index in [9.17, 15) is 4.79 Å². The highest BCUT2D eigenvalue weighted by Crippen LogP contribution is 2.29. The van der Waals surface area contributed by atoms with Gasteiger partial charge < -0.3 is 9.30 Å². The number of halogens is 1. The van der Waals surface area contributed by atoms with Crippen molar-refractivity contribution in [3.63, 3.8) is 0 Å². The lowest BCUT2D eigenvalue weighted by molar-refractivity contribution is -0.119. The number of benzene rings is 1. The van der Waals surface area contributed by atoms with Crippen LogP contribution in [0.3, 0.4) is 0 Å². The van der Waals surface area contributed by atoms with E-state index in [1.165, 1.54) is 5.56 Å². The van der Waals surface area contributed by atoms with Gasteiger partial charge in [-0.3, -0.25) is 4.79 Å². The van der Waals surface area contributed by atoms with Gasteiger partial charge in [0.05, 0.1) is 17.9 Å². The van der Waals surface area contributed by atoms with E-state index in [1.807, 2.05) is 48.4 Å². The molecule has 3 aromatic rings. The number of aryl methyl sites for hydroxylation is 2. The molecule has 2 aromatic heterocycles. The fourth-order valence-corrected chi connectivity index (χ4v) is 3.53. The largest absolute Gasteiger partial charge is 0.306 e. The van der Waals surface area contributed by atoms with Crippen molar-refractivity contribution >= 4 is 33.2 Å². The van der Waals surface area contributed by atoms with Crippen molar-refractivity contribution < 1.29 is 4.79 Å². The maximum Gasteiger partial charge on any atom is 0.227 e. The van der Waals surface area contributed by atoms with Crippen molar-refractivity contribution in [1.82, 2.24) is 9.38 Å². The second-order valence-electron chi connectivity index (χ2n) is 5.83. The first-order valence-electron chi connectivity index (χ1n) is 7.65. The highest BCUT2D eigenvalue weighted by molar-refractivity contribution is 9.10. The molecular formula is C18H16BrN3O. The van der Waals surface area contributed by atoms with Gasteiger partial charge in [-0.1, -0.05) is 18.2 Å². The summed E-state index contributed by atoms with van der Waals surface area (Å²) in [5.74, 6) is 0.174. The van der Waals surface area contributed by atoms with E-state index in [4.69, 9.17) is 0 Å². The Morgan fingerprint density at radius 3 is 2.87 bits per heavy atom. The van der Waals surface area contributed by atoms with E-state index in [1.54, 1.807) is 0 Å². The Morgan fingerprint density at radius 1 is 1.17 bits per heavy atom. The predicted molar refractivity (Wildman–Crippen MR) is 93.6 cm³/mol. The Morgan fingerprint density at radius 2 is 2.00 bits per heavy atom. The van der Waals surface area contributed by atoms with E-state index >= 15 is 0 Å². The number of para-hydroxylation sites is 1. The minimum absolute atomic E-state index is 0.174. The van der Waals surface area contributed by atoms with Gasteiger partial charge in [0.2, 0.25) is 5.91 Å². The summed E-state index contributed by atoms with van der Waals surface area (Å²) in [4.78, 5) is 19.0. The lowest BCUT2D eigenvalue weighted by atomic mass is 10.0. The number of carbonyl (C=O) groups excluding carboxylic acids is 1. The van der Waals surface area contributed by atoms with E-state index < -0.39 is 0 Å². The highest BCUT2D eigenvalue weighted by Gasteiger charge is 2.25. The number of anilines is 1. The van der Waals surface area contributed by atoms with Crippen LogP contribution in [0.15, 0.2) is 47.1 Å². The monoisotopic (exact) mass is 369 g/mol. The number of imidazole rings is 1. The number of rotatable bonds is 2. The van der Waals surface area contributed by atoms with Gasteiger partial charge in [-0.15, -0.1) is 0 Å². The highest BCUT2D eigenvalue weighted by atomic mass is 79.9. The molecule has 0 radical (unpaired) electrons. The van der Waals surface area contributed by atoms with Crippen molar-refractivity contribution in [3.05, 3.63) is 64.0 Å². The zero-order valence-electron chi connectivity index (χ0n) is 12.8. The van der Waals surface area contributed by atoms with Crippen molar-refractivity contribution in [3.8, 4) is 0 Å². The summed E-state index contributed by atoms with van der Waals surface area (Å²) in [5.41, 5.74) is 5.16. The summed E-state index contributed by atoms with van der Waals surface area (Å²) >= 11 is 3.51. The van der Waals surface area contributed by atoms with Gasteiger partial charge in [0.15, 0.2) is 0 Å². The molecule has 116 valence electrons. The van der Waals surface area contributed by atoms with E-state index in [2.05, 4.69) is 31.4 Å². The number of hydrogen-bond donors (Lipinski definition) is 0. The Hall–Kier alpha value is -2.14. The van der Waals surface area contributed by atoms with E-state index in [0.29, 0.717) is 13.0 Å². The number of fused-ring (bicyclic) bond motifs is 2. The molecule has 0 bridgehead atoms. The second kappa shape index (κ2) is 5.49. The normalized spacial score (nSPS) is 14.3. The molecule has 1 aromatic carbocycles. The molecule has 3 heterocycles. The van der Waals surface area contributed by atoms with Crippen LogP contribution < -0.4 is 4.90 Å². The van der Waals surface area contributed by atoms with Crippen LogP contribution in [0.25, 0.3) is 5.65 Å². The lowest BCUT2D eigenvalue weighted by Gasteiger charge is -2.29. The maximum atomic E-state index is 12.5. The molecule has 0 aliphatic carbocycles. The fourth-order valence-electron chi connectivity index (χ4n) is 3.20. The third-order valence-electron chi connectivity index (χ3n) is 4.38. The molecule has 4 nitrogen and oxygen atoms in total. The molecule has 0 saturated carbocycles. The quantitative estimate of drug-likeness (QED) is 0.687. The maximum absolute atomic E-state index is 12.5. The van der Waals surface area contributed by atoms with Crippen LogP contribution in [0.1, 0.15) is 23.4 Å². The number of aromatic nitrogens is 2.